The Morgan fingerprint density at radius 2 is 2.03 bits per heavy atom. The van der Waals surface area contributed by atoms with Crippen molar-refractivity contribution in [2.75, 3.05) is 13.3 Å². The van der Waals surface area contributed by atoms with Crippen molar-refractivity contribution in [2.45, 2.75) is 19.4 Å². The van der Waals surface area contributed by atoms with Gasteiger partial charge in [-0.3, -0.25) is 9.48 Å². The number of nitrogens with zero attached hydrogens (tertiary/aromatic N) is 3. The molecule has 2 aromatic carbocycles. The molecule has 0 saturated carbocycles. The minimum Gasteiger partial charge on any atom is -0.454 e. The first-order valence-electron chi connectivity index (χ1n) is 9.56. The molecule has 6 nitrogen and oxygen atoms in total. The Hall–Kier alpha value is -2.99. The Morgan fingerprint density at radius 1 is 1.21 bits per heavy atom. The summed E-state index contributed by atoms with van der Waals surface area (Å²) >= 11 is 6.20. The Labute approximate surface area is 173 Å². The molecule has 1 amide bonds. The molecular weight excluding hydrogens is 390 g/mol. The molecule has 0 fully saturated rings. The summed E-state index contributed by atoms with van der Waals surface area (Å²) in [6.07, 6.45) is 0.730. The average molecular weight is 410 g/mol. The summed E-state index contributed by atoms with van der Waals surface area (Å²) in [7, 11) is 1.93. The van der Waals surface area contributed by atoms with Crippen molar-refractivity contribution in [2.24, 2.45) is 7.05 Å². The van der Waals surface area contributed by atoms with E-state index in [0.29, 0.717) is 28.6 Å². The number of ether oxygens (including phenoxy) is 2. The van der Waals surface area contributed by atoms with Crippen LogP contribution in [0.25, 0.3) is 11.3 Å². The molecule has 0 N–H and O–H groups in total. The molecule has 3 heterocycles. The van der Waals surface area contributed by atoms with Gasteiger partial charge in [-0.05, 0) is 37.6 Å². The Morgan fingerprint density at radius 3 is 2.86 bits per heavy atom. The first kappa shape index (κ1) is 18.1. The molecule has 2 aliphatic rings. The number of carbonyl (C=O) groups is 1. The van der Waals surface area contributed by atoms with Gasteiger partial charge in [0.1, 0.15) is 0 Å². The average Bonchev–Trinajstić information content (AvgIpc) is 3.32. The number of amides is 1. The van der Waals surface area contributed by atoms with Crippen molar-refractivity contribution in [3.63, 3.8) is 0 Å². The highest BCUT2D eigenvalue weighted by atomic mass is 35.5. The molecule has 0 spiro atoms. The lowest BCUT2D eigenvalue weighted by molar-refractivity contribution is 0.0669. The molecule has 0 unspecified atom stereocenters. The summed E-state index contributed by atoms with van der Waals surface area (Å²) in [6.45, 7) is 2.77. The first-order chi connectivity index (χ1) is 14.0. The monoisotopic (exact) mass is 409 g/mol. The Bertz CT molecular complexity index is 1120. The fourth-order valence-electron chi connectivity index (χ4n) is 4.27. The van der Waals surface area contributed by atoms with Crippen LogP contribution in [-0.2, 0) is 13.5 Å². The fraction of sp³-hybridized carbons (Fsp3) is 0.273. The molecule has 7 heteroatoms. The van der Waals surface area contributed by atoms with Crippen LogP contribution in [0, 0.1) is 0 Å². The second-order valence-corrected chi connectivity index (χ2v) is 7.75. The van der Waals surface area contributed by atoms with Crippen molar-refractivity contribution >= 4 is 17.5 Å². The van der Waals surface area contributed by atoms with Crippen LogP contribution < -0.4 is 9.47 Å². The molecule has 1 atom stereocenters. The van der Waals surface area contributed by atoms with Gasteiger partial charge in [0.05, 0.1) is 23.0 Å². The first-order valence-corrected chi connectivity index (χ1v) is 9.93. The summed E-state index contributed by atoms with van der Waals surface area (Å²) in [4.78, 5) is 15.2. The predicted molar refractivity (Wildman–Crippen MR) is 109 cm³/mol. The zero-order valence-corrected chi connectivity index (χ0v) is 16.9. The van der Waals surface area contributed by atoms with Crippen LogP contribution in [0.5, 0.6) is 11.5 Å². The number of carbonyl (C=O) groups excluding carboxylic acids is 1. The third kappa shape index (κ3) is 2.86. The van der Waals surface area contributed by atoms with E-state index in [2.05, 4.69) is 0 Å². The molecule has 148 valence electrons. The van der Waals surface area contributed by atoms with Gasteiger partial charge in [0.15, 0.2) is 11.5 Å². The van der Waals surface area contributed by atoms with Gasteiger partial charge in [-0.25, -0.2) is 0 Å². The smallest absolute Gasteiger partial charge is 0.258 e. The number of para-hydroxylation sites is 1. The lowest BCUT2D eigenvalue weighted by Crippen LogP contribution is -2.39. The number of hydrogen-bond acceptors (Lipinski definition) is 4. The van der Waals surface area contributed by atoms with Crippen LogP contribution in [0.3, 0.4) is 0 Å². The number of aromatic nitrogens is 2. The van der Waals surface area contributed by atoms with Gasteiger partial charge < -0.3 is 14.4 Å². The number of halogens is 1. The predicted octanol–water partition coefficient (Wildman–Crippen LogP) is 4.23. The zero-order chi connectivity index (χ0) is 20.1. The quantitative estimate of drug-likeness (QED) is 0.635. The molecule has 29 heavy (non-hydrogen) atoms. The second kappa shape index (κ2) is 6.81. The number of aryl methyl sites for hydroxylation is 1. The highest BCUT2D eigenvalue weighted by Crippen LogP contribution is 2.40. The molecular formula is C22H20ClN3O3. The largest absolute Gasteiger partial charge is 0.454 e. The number of fused-ring (bicyclic) bond motifs is 2. The number of hydrogen-bond donors (Lipinski definition) is 0. The lowest BCUT2D eigenvalue weighted by Gasteiger charge is -2.33. The van der Waals surface area contributed by atoms with Crippen molar-refractivity contribution in [1.29, 1.82) is 0 Å². The molecule has 0 radical (unpaired) electrons. The number of benzene rings is 2. The molecule has 5 rings (SSSR count). The third-order valence-electron chi connectivity index (χ3n) is 5.63. The highest BCUT2D eigenvalue weighted by Gasteiger charge is 2.35. The summed E-state index contributed by atoms with van der Waals surface area (Å²) < 4.78 is 12.8. The van der Waals surface area contributed by atoms with Crippen LogP contribution in [0.1, 0.15) is 34.6 Å². The Balaban J connectivity index is 1.51. The van der Waals surface area contributed by atoms with Gasteiger partial charge >= 0.3 is 0 Å². The summed E-state index contributed by atoms with van der Waals surface area (Å²) in [6, 6.07) is 13.1. The van der Waals surface area contributed by atoms with E-state index in [4.69, 9.17) is 26.2 Å². The lowest BCUT2D eigenvalue weighted by atomic mass is 9.95. The van der Waals surface area contributed by atoms with E-state index in [9.17, 15) is 4.79 Å². The third-order valence-corrected chi connectivity index (χ3v) is 5.86. The van der Waals surface area contributed by atoms with Crippen LogP contribution in [-0.4, -0.2) is 33.9 Å². The van der Waals surface area contributed by atoms with Crippen LogP contribution in [0.4, 0.5) is 0 Å². The van der Waals surface area contributed by atoms with E-state index >= 15 is 0 Å². The minimum absolute atomic E-state index is 0.0690. The van der Waals surface area contributed by atoms with Crippen LogP contribution in [0.2, 0.25) is 5.02 Å². The van der Waals surface area contributed by atoms with E-state index < -0.39 is 0 Å². The van der Waals surface area contributed by atoms with Gasteiger partial charge in [0.2, 0.25) is 6.79 Å². The summed E-state index contributed by atoms with van der Waals surface area (Å²) in [5.41, 5.74) is 4.71. The van der Waals surface area contributed by atoms with Crippen molar-refractivity contribution in [1.82, 2.24) is 14.7 Å². The molecule has 0 saturated heterocycles. The van der Waals surface area contributed by atoms with Crippen LogP contribution >= 0.6 is 11.6 Å². The molecule has 0 aliphatic carbocycles. The van der Waals surface area contributed by atoms with E-state index in [-0.39, 0.29) is 18.7 Å². The molecule has 2 aliphatic heterocycles. The van der Waals surface area contributed by atoms with E-state index in [1.807, 2.05) is 60.0 Å². The maximum absolute atomic E-state index is 13.3. The molecule has 3 aromatic rings. The van der Waals surface area contributed by atoms with Gasteiger partial charge in [-0.1, -0.05) is 29.8 Å². The Kier molecular flexibility index (Phi) is 4.24. The van der Waals surface area contributed by atoms with Gasteiger partial charge in [-0.15, -0.1) is 0 Å². The standard InChI is InChI=1S/C22H20ClN3O3/c1-13-19-16(20(25(2)24-19)14-5-3-6-15(23)11-14)9-10-26(13)22(27)17-7-4-8-18-21(17)29-12-28-18/h3-8,11,13H,9-10,12H2,1-2H3/t13-/m0/s1. The second-order valence-electron chi connectivity index (χ2n) is 7.31. The number of rotatable bonds is 2. The zero-order valence-electron chi connectivity index (χ0n) is 16.2. The fourth-order valence-corrected chi connectivity index (χ4v) is 4.46. The van der Waals surface area contributed by atoms with E-state index in [1.54, 1.807) is 6.07 Å². The van der Waals surface area contributed by atoms with Crippen molar-refractivity contribution < 1.29 is 14.3 Å². The maximum atomic E-state index is 13.3. The van der Waals surface area contributed by atoms with E-state index in [1.165, 1.54) is 5.56 Å². The van der Waals surface area contributed by atoms with Crippen LogP contribution in [0.15, 0.2) is 42.5 Å². The van der Waals surface area contributed by atoms with Crippen molar-refractivity contribution in [3.05, 3.63) is 64.3 Å². The van der Waals surface area contributed by atoms with Gasteiger partial charge in [0, 0.05) is 29.7 Å². The molecule has 1 aromatic heterocycles. The van der Waals surface area contributed by atoms with Gasteiger partial charge in [-0.2, -0.15) is 5.10 Å². The molecule has 0 bridgehead atoms. The minimum atomic E-state index is -0.149. The van der Waals surface area contributed by atoms with Gasteiger partial charge in [0.25, 0.3) is 5.91 Å². The summed E-state index contributed by atoms with van der Waals surface area (Å²) in [5.74, 6) is 1.07. The summed E-state index contributed by atoms with van der Waals surface area (Å²) in [5, 5.41) is 5.45. The van der Waals surface area contributed by atoms with E-state index in [0.717, 1.165) is 23.4 Å². The topological polar surface area (TPSA) is 56.6 Å². The highest BCUT2D eigenvalue weighted by molar-refractivity contribution is 6.30. The SMILES string of the molecule is C[C@H]1c2nn(C)c(-c3cccc(Cl)c3)c2CCN1C(=O)c1cccc2c1OCO2. The normalized spacial score (nSPS) is 17.3. The maximum Gasteiger partial charge on any atom is 0.258 e. The van der Waals surface area contributed by atoms with Crippen molar-refractivity contribution in [3.8, 4) is 22.8 Å².